The molecule has 0 aliphatic carbocycles. The predicted molar refractivity (Wildman–Crippen MR) is 71.4 cm³/mol. The van der Waals surface area contributed by atoms with Crippen LogP contribution in [-0.4, -0.2) is 19.0 Å². The van der Waals surface area contributed by atoms with E-state index in [9.17, 15) is 4.79 Å². The Balaban J connectivity index is 2.05. The number of hydrogen-bond donors (Lipinski definition) is 0. The maximum absolute atomic E-state index is 12.2. The summed E-state index contributed by atoms with van der Waals surface area (Å²) in [5.74, 6) is 0.733. The summed E-state index contributed by atoms with van der Waals surface area (Å²) in [6, 6.07) is 5.92. The van der Waals surface area contributed by atoms with Crippen molar-refractivity contribution in [1.29, 1.82) is 0 Å². The highest BCUT2D eigenvalue weighted by Crippen LogP contribution is 2.25. The summed E-state index contributed by atoms with van der Waals surface area (Å²) in [4.78, 5) is 12.2. The van der Waals surface area contributed by atoms with E-state index in [4.69, 9.17) is 4.74 Å². The molecule has 1 aromatic carbocycles. The van der Waals surface area contributed by atoms with E-state index in [1.54, 1.807) is 0 Å². The molecule has 0 saturated carbocycles. The molecule has 0 aromatic heterocycles. The van der Waals surface area contributed by atoms with Crippen LogP contribution in [0.1, 0.15) is 35.2 Å². The van der Waals surface area contributed by atoms with Gasteiger partial charge in [0.15, 0.2) is 5.78 Å². The van der Waals surface area contributed by atoms with Gasteiger partial charge in [0.05, 0.1) is 0 Å². The second kappa shape index (κ2) is 5.78. The predicted octanol–water partition coefficient (Wildman–Crippen LogP) is 3.76. The van der Waals surface area contributed by atoms with Crippen LogP contribution in [-0.2, 0) is 4.74 Å². The molecule has 0 spiro atoms. The van der Waals surface area contributed by atoms with Gasteiger partial charge >= 0.3 is 0 Å². The van der Waals surface area contributed by atoms with Gasteiger partial charge in [-0.3, -0.25) is 4.79 Å². The minimum atomic E-state index is 0.243. The van der Waals surface area contributed by atoms with Crippen molar-refractivity contribution in [1.82, 2.24) is 0 Å². The van der Waals surface area contributed by atoms with Crippen molar-refractivity contribution in [2.45, 2.75) is 26.2 Å². The smallest absolute Gasteiger partial charge is 0.164 e. The fourth-order valence-corrected chi connectivity index (χ4v) is 2.64. The summed E-state index contributed by atoms with van der Waals surface area (Å²) in [5.41, 5.74) is 1.94. The molecule has 1 fully saturated rings. The number of carbonyl (C=O) groups excluding carboxylic acids is 1. The molecule has 1 aliphatic heterocycles. The largest absolute Gasteiger partial charge is 0.381 e. The second-order valence-electron chi connectivity index (χ2n) is 4.67. The third-order valence-electron chi connectivity index (χ3n) is 3.24. The van der Waals surface area contributed by atoms with Crippen molar-refractivity contribution in [2.75, 3.05) is 13.2 Å². The van der Waals surface area contributed by atoms with E-state index in [1.165, 1.54) is 0 Å². The first-order valence-corrected chi connectivity index (χ1v) is 6.83. The van der Waals surface area contributed by atoms with Gasteiger partial charge in [-0.05, 0) is 37.8 Å². The first kappa shape index (κ1) is 12.8. The molecular weight excluding hydrogens is 280 g/mol. The Kier molecular flexibility index (Phi) is 4.35. The summed E-state index contributed by atoms with van der Waals surface area (Å²) in [6.45, 7) is 3.61. The lowest BCUT2D eigenvalue weighted by Crippen LogP contribution is -2.19. The molecule has 1 aliphatic rings. The molecule has 0 N–H and O–H groups in total. The molecule has 1 saturated heterocycles. The summed E-state index contributed by atoms with van der Waals surface area (Å²) >= 11 is 3.45. The van der Waals surface area contributed by atoms with Crippen LogP contribution in [0.5, 0.6) is 0 Å². The van der Waals surface area contributed by atoms with Crippen LogP contribution in [0, 0.1) is 12.8 Å². The lowest BCUT2D eigenvalue weighted by Gasteiger charge is -2.21. The Morgan fingerprint density at radius 1 is 1.41 bits per heavy atom. The molecule has 3 heteroatoms. The molecule has 0 radical (unpaired) electrons. The summed E-state index contributed by atoms with van der Waals surface area (Å²) in [7, 11) is 0. The van der Waals surface area contributed by atoms with E-state index >= 15 is 0 Å². The molecule has 92 valence electrons. The van der Waals surface area contributed by atoms with Crippen LogP contribution in [0.25, 0.3) is 0 Å². The number of benzene rings is 1. The Bertz CT molecular complexity index is 409. The number of ether oxygens (including phenoxy) is 1. The SMILES string of the molecule is Cc1ccc(Br)c(C(=O)CC2CCOCC2)c1. The van der Waals surface area contributed by atoms with E-state index in [0.29, 0.717) is 12.3 Å². The number of carbonyl (C=O) groups is 1. The van der Waals surface area contributed by atoms with Crippen molar-refractivity contribution in [3.05, 3.63) is 33.8 Å². The number of hydrogen-bond acceptors (Lipinski definition) is 2. The Hall–Kier alpha value is -0.670. The Morgan fingerprint density at radius 2 is 2.12 bits per heavy atom. The molecule has 0 amide bonds. The minimum Gasteiger partial charge on any atom is -0.381 e. The van der Waals surface area contributed by atoms with Crippen LogP contribution in [0.15, 0.2) is 22.7 Å². The van der Waals surface area contributed by atoms with Crippen molar-refractivity contribution >= 4 is 21.7 Å². The van der Waals surface area contributed by atoms with Crippen molar-refractivity contribution in [3.63, 3.8) is 0 Å². The lowest BCUT2D eigenvalue weighted by molar-refractivity contribution is 0.0601. The molecule has 1 heterocycles. The normalized spacial score (nSPS) is 17.1. The third kappa shape index (κ3) is 3.39. The molecule has 0 unspecified atom stereocenters. The monoisotopic (exact) mass is 296 g/mol. The van der Waals surface area contributed by atoms with Gasteiger partial charge in [0.2, 0.25) is 0 Å². The van der Waals surface area contributed by atoms with Crippen LogP contribution < -0.4 is 0 Å². The van der Waals surface area contributed by atoms with Crippen LogP contribution >= 0.6 is 15.9 Å². The van der Waals surface area contributed by atoms with Crippen molar-refractivity contribution in [2.24, 2.45) is 5.92 Å². The van der Waals surface area contributed by atoms with Gasteiger partial charge in [0.25, 0.3) is 0 Å². The highest BCUT2D eigenvalue weighted by Gasteiger charge is 2.19. The summed E-state index contributed by atoms with van der Waals surface area (Å²) in [5, 5.41) is 0. The zero-order valence-electron chi connectivity index (χ0n) is 10.0. The van der Waals surface area contributed by atoms with Gasteiger partial charge in [-0.2, -0.15) is 0 Å². The van der Waals surface area contributed by atoms with Gasteiger partial charge in [-0.1, -0.05) is 27.6 Å². The van der Waals surface area contributed by atoms with E-state index in [0.717, 1.165) is 41.7 Å². The van der Waals surface area contributed by atoms with Gasteiger partial charge in [-0.25, -0.2) is 0 Å². The Morgan fingerprint density at radius 3 is 2.82 bits per heavy atom. The maximum Gasteiger partial charge on any atom is 0.164 e. The fraction of sp³-hybridized carbons (Fsp3) is 0.500. The zero-order chi connectivity index (χ0) is 12.3. The molecular formula is C14H17BrO2. The first-order chi connectivity index (χ1) is 8.16. The number of aryl methyl sites for hydroxylation is 1. The van der Waals surface area contributed by atoms with E-state index in [-0.39, 0.29) is 5.78 Å². The van der Waals surface area contributed by atoms with Crippen LogP contribution in [0.2, 0.25) is 0 Å². The van der Waals surface area contributed by atoms with Gasteiger partial charge in [-0.15, -0.1) is 0 Å². The summed E-state index contributed by atoms with van der Waals surface area (Å²) < 4.78 is 6.21. The third-order valence-corrected chi connectivity index (χ3v) is 3.93. The zero-order valence-corrected chi connectivity index (χ0v) is 11.6. The number of ketones is 1. The quantitative estimate of drug-likeness (QED) is 0.794. The molecule has 17 heavy (non-hydrogen) atoms. The van der Waals surface area contributed by atoms with E-state index < -0.39 is 0 Å². The van der Waals surface area contributed by atoms with Gasteiger partial charge in [0.1, 0.15) is 0 Å². The van der Waals surface area contributed by atoms with Gasteiger partial charge < -0.3 is 4.74 Å². The fourth-order valence-electron chi connectivity index (χ4n) is 2.18. The first-order valence-electron chi connectivity index (χ1n) is 6.04. The highest BCUT2D eigenvalue weighted by molar-refractivity contribution is 9.10. The molecule has 0 atom stereocenters. The van der Waals surface area contributed by atoms with E-state index in [1.807, 2.05) is 25.1 Å². The molecule has 1 aromatic rings. The van der Waals surface area contributed by atoms with Gasteiger partial charge in [0, 0.05) is 29.7 Å². The number of halogens is 1. The number of Topliss-reactive ketones (excluding diaryl/α,β-unsaturated/α-hetero) is 1. The number of rotatable bonds is 3. The Labute approximate surface area is 110 Å². The van der Waals surface area contributed by atoms with Crippen LogP contribution in [0.4, 0.5) is 0 Å². The average molecular weight is 297 g/mol. The van der Waals surface area contributed by atoms with E-state index in [2.05, 4.69) is 15.9 Å². The molecule has 2 rings (SSSR count). The maximum atomic E-state index is 12.2. The standard InChI is InChI=1S/C14H17BrO2/c1-10-2-3-13(15)12(8-10)14(16)9-11-4-6-17-7-5-11/h2-3,8,11H,4-7,9H2,1H3. The lowest BCUT2D eigenvalue weighted by atomic mass is 9.91. The highest BCUT2D eigenvalue weighted by atomic mass is 79.9. The second-order valence-corrected chi connectivity index (χ2v) is 5.52. The average Bonchev–Trinajstić information content (AvgIpc) is 2.33. The van der Waals surface area contributed by atoms with Crippen molar-refractivity contribution < 1.29 is 9.53 Å². The molecule has 2 nitrogen and oxygen atoms in total. The summed E-state index contributed by atoms with van der Waals surface area (Å²) in [6.07, 6.45) is 2.66. The van der Waals surface area contributed by atoms with Crippen LogP contribution in [0.3, 0.4) is 0 Å². The minimum absolute atomic E-state index is 0.243. The van der Waals surface area contributed by atoms with Crippen molar-refractivity contribution in [3.8, 4) is 0 Å². The topological polar surface area (TPSA) is 26.3 Å². The molecule has 0 bridgehead atoms.